The molecule has 4 nitrogen and oxygen atoms in total. The second-order valence-corrected chi connectivity index (χ2v) is 11.1. The molecule has 0 aromatic carbocycles. The van der Waals surface area contributed by atoms with Crippen LogP contribution in [0.2, 0.25) is 0 Å². The molecular weight excluding hydrogens is 512 g/mol. The van der Waals surface area contributed by atoms with Crippen LogP contribution in [0.5, 0.6) is 0 Å². The Labute approximate surface area is 255 Å². The quantitative estimate of drug-likeness (QED) is 0.132. The molecule has 222 valence electrons. The number of hydrogen-bond donors (Lipinski definition) is 0. The minimum atomic E-state index is 1.11. The summed E-state index contributed by atoms with van der Waals surface area (Å²) in [5, 5.41) is 0. The van der Waals surface area contributed by atoms with Gasteiger partial charge in [0.15, 0.2) is 49.6 Å². The second-order valence-electron chi connectivity index (χ2n) is 11.1. The van der Waals surface area contributed by atoms with Crippen LogP contribution < -0.4 is 18.3 Å². The Bertz CT molecular complexity index is 1170. The standard InChI is InChI=1S/C20H28N2.C18H26N2/c1-3-5-13-21-15-9-19(10-16-21)7-8-20-11-17-22(18-12-20)14-6-4-2;1-3-5-11-19-13-7-17(8-14-19)18-9-15-20(16-10-18)12-6-4-2/h7-12,15-18H,3-6,13-14H2,1-2H3;7-10,13-16H,3-6,11-12H2,1-2H3/q2*+2/b8-7+;. The average molecular weight is 567 g/mol. The van der Waals surface area contributed by atoms with Crippen molar-refractivity contribution in [2.75, 3.05) is 0 Å². The molecule has 0 bridgehead atoms. The van der Waals surface area contributed by atoms with Gasteiger partial charge < -0.3 is 0 Å². The van der Waals surface area contributed by atoms with Crippen LogP contribution >= 0.6 is 0 Å². The maximum atomic E-state index is 2.26. The molecule has 0 unspecified atom stereocenters. The van der Waals surface area contributed by atoms with E-state index < -0.39 is 0 Å². The van der Waals surface area contributed by atoms with Crippen molar-refractivity contribution < 1.29 is 18.3 Å². The second kappa shape index (κ2) is 19.5. The molecule has 0 radical (unpaired) electrons. The third-order valence-corrected chi connectivity index (χ3v) is 7.50. The monoisotopic (exact) mass is 566 g/mol. The molecule has 4 heterocycles. The molecule has 0 atom stereocenters. The predicted molar refractivity (Wildman–Crippen MR) is 174 cm³/mol. The fourth-order valence-corrected chi connectivity index (χ4v) is 4.61. The van der Waals surface area contributed by atoms with Crippen LogP contribution in [0.1, 0.15) is 90.2 Å². The molecule has 42 heavy (non-hydrogen) atoms. The summed E-state index contributed by atoms with van der Waals surface area (Å²) < 4.78 is 9.02. The number of unbranched alkanes of at least 4 members (excludes halogenated alkanes) is 4. The molecule has 0 aliphatic carbocycles. The van der Waals surface area contributed by atoms with Gasteiger partial charge in [0.1, 0.15) is 26.2 Å². The molecule has 0 saturated heterocycles. The maximum Gasteiger partial charge on any atom is 0.169 e. The van der Waals surface area contributed by atoms with Gasteiger partial charge in [0.05, 0.1) is 0 Å². The van der Waals surface area contributed by atoms with Crippen molar-refractivity contribution >= 4 is 12.2 Å². The molecule has 0 saturated carbocycles. The van der Waals surface area contributed by atoms with Crippen molar-refractivity contribution in [3.8, 4) is 11.1 Å². The van der Waals surface area contributed by atoms with Crippen molar-refractivity contribution in [2.45, 2.75) is 105 Å². The predicted octanol–water partition coefficient (Wildman–Crippen LogP) is 7.56. The summed E-state index contributed by atoms with van der Waals surface area (Å²) in [5.74, 6) is 0. The highest BCUT2D eigenvalue weighted by Gasteiger charge is 2.05. The lowest BCUT2D eigenvalue weighted by atomic mass is 10.1. The smallest absolute Gasteiger partial charge is 0.169 e. The summed E-state index contributed by atoms with van der Waals surface area (Å²) in [7, 11) is 0. The molecule has 4 aromatic rings. The van der Waals surface area contributed by atoms with E-state index in [4.69, 9.17) is 0 Å². The first-order valence-electron chi connectivity index (χ1n) is 16.3. The molecule has 4 aromatic heterocycles. The molecule has 0 spiro atoms. The van der Waals surface area contributed by atoms with Gasteiger partial charge in [-0.05, 0) is 22.3 Å². The zero-order valence-electron chi connectivity index (χ0n) is 26.7. The highest BCUT2D eigenvalue weighted by Crippen LogP contribution is 2.15. The van der Waals surface area contributed by atoms with Gasteiger partial charge >= 0.3 is 0 Å². The first kappa shape index (κ1) is 32.8. The minimum absolute atomic E-state index is 1.11. The van der Waals surface area contributed by atoms with Crippen molar-refractivity contribution in [3.05, 3.63) is 109 Å². The third-order valence-electron chi connectivity index (χ3n) is 7.50. The lowest BCUT2D eigenvalue weighted by molar-refractivity contribution is -0.697. The van der Waals surface area contributed by atoms with Gasteiger partial charge in [-0.1, -0.05) is 65.5 Å². The number of aromatic nitrogens is 4. The zero-order chi connectivity index (χ0) is 29.8. The van der Waals surface area contributed by atoms with Crippen molar-refractivity contribution in [2.24, 2.45) is 0 Å². The van der Waals surface area contributed by atoms with Crippen molar-refractivity contribution in [3.63, 3.8) is 0 Å². The molecular formula is C38H54N4+4. The number of aryl methyl sites for hydroxylation is 4. The molecule has 0 aliphatic rings. The van der Waals surface area contributed by atoms with Crippen LogP contribution in [0.15, 0.2) is 98.1 Å². The van der Waals surface area contributed by atoms with Crippen LogP contribution in [-0.2, 0) is 26.2 Å². The van der Waals surface area contributed by atoms with Crippen molar-refractivity contribution in [1.29, 1.82) is 0 Å². The van der Waals surface area contributed by atoms with Gasteiger partial charge in [0.2, 0.25) is 0 Å². The summed E-state index contributed by atoms with van der Waals surface area (Å²) in [6.45, 7) is 13.4. The molecule has 0 amide bonds. The first-order valence-corrected chi connectivity index (χ1v) is 16.3. The van der Waals surface area contributed by atoms with Gasteiger partial charge in [-0.3, -0.25) is 0 Å². The van der Waals surface area contributed by atoms with E-state index in [1.807, 2.05) is 0 Å². The lowest BCUT2D eigenvalue weighted by Crippen LogP contribution is -2.32. The summed E-state index contributed by atoms with van der Waals surface area (Å²) in [6, 6.07) is 17.5. The maximum absolute atomic E-state index is 2.26. The van der Waals surface area contributed by atoms with E-state index in [0.717, 1.165) is 26.2 Å². The fraction of sp³-hybridized carbons (Fsp3) is 0.421. The highest BCUT2D eigenvalue weighted by atomic mass is 14.9. The SMILES string of the molecule is CCCC[n+]1ccc(-c2cc[n+](CCCC)cc2)cc1.CCCC[n+]1ccc(/C=C/c2cc[n+](CCCC)cc2)cc1. The Kier molecular flexibility index (Phi) is 15.2. The van der Waals surface area contributed by atoms with Gasteiger partial charge in [-0.2, -0.15) is 0 Å². The first-order chi connectivity index (χ1) is 20.6. The van der Waals surface area contributed by atoms with Crippen LogP contribution in [0, 0.1) is 0 Å². The van der Waals surface area contributed by atoms with Gasteiger partial charge in [-0.15, -0.1) is 0 Å². The Morgan fingerprint density at radius 3 is 0.857 bits per heavy atom. The number of rotatable bonds is 15. The van der Waals surface area contributed by atoms with Gasteiger partial charge in [-0.25, -0.2) is 18.3 Å². The number of hydrogen-bond acceptors (Lipinski definition) is 0. The van der Waals surface area contributed by atoms with E-state index in [1.54, 1.807) is 0 Å². The van der Waals surface area contributed by atoms with Crippen LogP contribution in [0.3, 0.4) is 0 Å². The Morgan fingerprint density at radius 2 is 0.619 bits per heavy atom. The summed E-state index contributed by atoms with van der Waals surface area (Å²) in [6.07, 6.45) is 31.7. The lowest BCUT2D eigenvalue weighted by Gasteiger charge is -2.01. The Balaban J connectivity index is 0.000000231. The summed E-state index contributed by atoms with van der Waals surface area (Å²) in [5.41, 5.74) is 5.08. The summed E-state index contributed by atoms with van der Waals surface area (Å²) >= 11 is 0. The topological polar surface area (TPSA) is 15.5 Å². The van der Waals surface area contributed by atoms with E-state index in [2.05, 4.69) is 156 Å². The van der Waals surface area contributed by atoms with E-state index in [0.29, 0.717) is 0 Å². The van der Waals surface area contributed by atoms with Gasteiger partial charge in [0, 0.05) is 74.2 Å². The third kappa shape index (κ3) is 12.1. The molecule has 0 N–H and O–H groups in total. The minimum Gasteiger partial charge on any atom is -0.205 e. The zero-order valence-corrected chi connectivity index (χ0v) is 26.7. The van der Waals surface area contributed by atoms with Crippen LogP contribution in [-0.4, -0.2) is 0 Å². The van der Waals surface area contributed by atoms with Crippen molar-refractivity contribution in [1.82, 2.24) is 0 Å². The van der Waals surface area contributed by atoms with E-state index in [9.17, 15) is 0 Å². The van der Waals surface area contributed by atoms with Crippen LogP contribution in [0.25, 0.3) is 23.3 Å². The molecule has 0 fully saturated rings. The summed E-state index contributed by atoms with van der Waals surface area (Å²) in [4.78, 5) is 0. The van der Waals surface area contributed by atoms with E-state index in [-0.39, 0.29) is 0 Å². The van der Waals surface area contributed by atoms with Gasteiger partial charge in [0.25, 0.3) is 0 Å². The van der Waals surface area contributed by atoms with E-state index >= 15 is 0 Å². The van der Waals surface area contributed by atoms with Crippen LogP contribution in [0.4, 0.5) is 0 Å². The largest absolute Gasteiger partial charge is 0.205 e. The Hall–Kier alpha value is -3.66. The van der Waals surface area contributed by atoms with E-state index in [1.165, 1.54) is 73.6 Å². The average Bonchev–Trinajstić information content (AvgIpc) is 3.05. The number of nitrogens with zero attached hydrogens (tertiary/aromatic N) is 4. The number of pyridine rings is 4. The molecule has 4 heteroatoms. The normalized spacial score (nSPS) is 11.0. The molecule has 4 rings (SSSR count). The highest BCUT2D eigenvalue weighted by molar-refractivity contribution is 5.68. The fourth-order valence-electron chi connectivity index (χ4n) is 4.61. The molecule has 0 aliphatic heterocycles. The Morgan fingerprint density at radius 1 is 0.381 bits per heavy atom.